The summed E-state index contributed by atoms with van der Waals surface area (Å²) in [6, 6.07) is 2.15. The third-order valence-corrected chi connectivity index (χ3v) is 5.96. The Hall–Kier alpha value is -3.29. The van der Waals surface area contributed by atoms with Crippen LogP contribution in [0.25, 0.3) is 0 Å². The highest BCUT2D eigenvalue weighted by atomic mass is 19.4. The molecule has 0 radical (unpaired) electrons. The van der Waals surface area contributed by atoms with Crippen LogP contribution in [0.3, 0.4) is 0 Å². The number of nitrogens with zero attached hydrogens (tertiary/aromatic N) is 6. The molecule has 0 spiro atoms. The maximum atomic E-state index is 11.7. The van der Waals surface area contributed by atoms with Crippen LogP contribution in [0.4, 0.5) is 19.0 Å². The first-order valence-corrected chi connectivity index (χ1v) is 12.7. The molecular formula is C25H38F3N7O4. The molecule has 2 aromatic rings. The van der Waals surface area contributed by atoms with Gasteiger partial charge in [-0.25, -0.2) is 24.2 Å². The van der Waals surface area contributed by atoms with Gasteiger partial charge in [-0.2, -0.15) is 18.3 Å². The summed E-state index contributed by atoms with van der Waals surface area (Å²) in [4.78, 5) is 48.5. The molecule has 39 heavy (non-hydrogen) atoms. The van der Waals surface area contributed by atoms with E-state index in [1.807, 2.05) is 0 Å². The van der Waals surface area contributed by atoms with Crippen molar-refractivity contribution in [1.29, 1.82) is 0 Å². The van der Waals surface area contributed by atoms with Crippen LogP contribution in [0.5, 0.6) is 0 Å². The number of hydrogen-bond donors (Lipinski definition) is 2. The first-order valence-electron chi connectivity index (χ1n) is 12.7. The Kier molecular flexibility index (Phi) is 10.4. The number of H-pyrrole nitrogens is 1. The molecule has 11 nitrogen and oxygen atoms in total. The van der Waals surface area contributed by atoms with Crippen molar-refractivity contribution in [2.24, 2.45) is 0 Å². The minimum absolute atomic E-state index is 0.0257. The zero-order chi connectivity index (χ0) is 29.6. The van der Waals surface area contributed by atoms with Gasteiger partial charge in [-0.1, -0.05) is 41.5 Å². The maximum Gasteiger partial charge on any atom is 0.490 e. The summed E-state index contributed by atoms with van der Waals surface area (Å²) >= 11 is 0. The number of rotatable bonds is 6. The number of carbonyl (C=O) groups is 1. The number of aliphatic carboxylic acids is 1. The lowest BCUT2D eigenvalue weighted by molar-refractivity contribution is -0.192. The molecule has 0 aromatic carbocycles. The summed E-state index contributed by atoms with van der Waals surface area (Å²) in [6.07, 6.45) is -2.12. The lowest BCUT2D eigenvalue weighted by Crippen LogP contribution is -2.47. The fourth-order valence-corrected chi connectivity index (χ4v) is 3.65. The van der Waals surface area contributed by atoms with Crippen molar-refractivity contribution in [1.82, 2.24) is 29.6 Å². The standard InChI is InChI=1S/C23H37N7O2.C2HF3O2/c1-22(2,3)17-15-18(26-20(25-17)23(4,5)6)29-13-11-28(12-14-29)9-7-8-10-30-21(32)27-19(31)16-24-30;3-2(4,5)1(6)7/h15-16H,7-14H2,1-6H3,(H,27,31,32);(H,6,7). The number of hydrogen-bond acceptors (Lipinski definition) is 8. The Bertz CT molecular complexity index is 1190. The Morgan fingerprint density at radius 3 is 2.00 bits per heavy atom. The number of aromatic nitrogens is 5. The van der Waals surface area contributed by atoms with Crippen LogP contribution < -0.4 is 16.1 Å². The van der Waals surface area contributed by atoms with E-state index < -0.39 is 23.4 Å². The van der Waals surface area contributed by atoms with Crippen molar-refractivity contribution < 1.29 is 23.1 Å². The zero-order valence-electron chi connectivity index (χ0n) is 23.3. The summed E-state index contributed by atoms with van der Waals surface area (Å²) in [6.45, 7) is 18.4. The first kappa shape index (κ1) is 31.9. The van der Waals surface area contributed by atoms with Crippen molar-refractivity contribution in [2.75, 3.05) is 37.6 Å². The van der Waals surface area contributed by atoms with Gasteiger partial charge in [-0.05, 0) is 19.4 Å². The molecule has 1 aliphatic heterocycles. The lowest BCUT2D eigenvalue weighted by Gasteiger charge is -2.36. The van der Waals surface area contributed by atoms with Crippen molar-refractivity contribution in [3.8, 4) is 0 Å². The Morgan fingerprint density at radius 2 is 1.51 bits per heavy atom. The third kappa shape index (κ3) is 10.1. The second-order valence-corrected chi connectivity index (χ2v) is 11.4. The highest BCUT2D eigenvalue weighted by Gasteiger charge is 2.38. The number of aromatic amines is 1. The minimum atomic E-state index is -5.08. The van der Waals surface area contributed by atoms with Gasteiger partial charge in [0.05, 0.1) is 5.69 Å². The molecule has 3 heterocycles. The number of halogens is 3. The SMILES string of the molecule is CC(C)(C)c1cc(N2CCN(CCCCn3ncc(=O)[nH]c3=O)CC2)nc(C(C)(C)C)n1.O=C(O)C(F)(F)F. The predicted octanol–water partition coefficient (Wildman–Crippen LogP) is 2.55. The molecule has 3 rings (SSSR count). The van der Waals surface area contributed by atoms with E-state index in [0.717, 1.165) is 69.1 Å². The van der Waals surface area contributed by atoms with Crippen molar-refractivity contribution in [2.45, 2.75) is 77.9 Å². The summed E-state index contributed by atoms with van der Waals surface area (Å²) in [5, 5.41) is 11.0. The maximum absolute atomic E-state index is 11.7. The monoisotopic (exact) mass is 557 g/mol. The van der Waals surface area contributed by atoms with Crippen LogP contribution in [0.1, 0.15) is 65.9 Å². The van der Waals surface area contributed by atoms with Gasteiger partial charge in [0.25, 0.3) is 5.56 Å². The number of carboxylic acid groups (broad SMARTS) is 1. The van der Waals surface area contributed by atoms with E-state index in [9.17, 15) is 22.8 Å². The van der Waals surface area contributed by atoms with Crippen LogP contribution in [-0.2, 0) is 22.2 Å². The first-order chi connectivity index (χ1) is 17.9. The Morgan fingerprint density at radius 1 is 0.949 bits per heavy atom. The number of alkyl halides is 3. The largest absolute Gasteiger partial charge is 0.490 e. The molecule has 2 N–H and O–H groups in total. The van der Waals surface area contributed by atoms with E-state index in [2.05, 4.69) is 67.5 Å². The summed E-state index contributed by atoms with van der Waals surface area (Å²) in [5.74, 6) is -0.834. The second kappa shape index (κ2) is 12.7. The molecular weight excluding hydrogens is 519 g/mol. The lowest BCUT2D eigenvalue weighted by atomic mass is 9.90. The summed E-state index contributed by atoms with van der Waals surface area (Å²) in [5.41, 5.74) is 0.0564. The molecule has 2 aromatic heterocycles. The number of piperazine rings is 1. The quantitative estimate of drug-likeness (QED) is 0.513. The molecule has 1 aliphatic rings. The number of nitrogens with one attached hydrogen (secondary N) is 1. The van der Waals surface area contributed by atoms with Crippen LogP contribution in [0.15, 0.2) is 21.9 Å². The topological polar surface area (TPSA) is 137 Å². The minimum Gasteiger partial charge on any atom is -0.475 e. The van der Waals surface area contributed by atoms with Gasteiger partial charge >= 0.3 is 17.8 Å². The number of unbranched alkanes of at least 4 members (excludes halogenated alkanes) is 1. The summed E-state index contributed by atoms with van der Waals surface area (Å²) < 4.78 is 33.0. The van der Waals surface area contributed by atoms with Crippen molar-refractivity contribution in [3.63, 3.8) is 0 Å². The van der Waals surface area contributed by atoms with Crippen LogP contribution in [0.2, 0.25) is 0 Å². The molecule has 0 bridgehead atoms. The average Bonchev–Trinajstić information content (AvgIpc) is 2.82. The van der Waals surface area contributed by atoms with Crippen LogP contribution in [0, 0.1) is 0 Å². The van der Waals surface area contributed by atoms with Crippen molar-refractivity contribution in [3.05, 3.63) is 44.6 Å². The van der Waals surface area contributed by atoms with Crippen LogP contribution >= 0.6 is 0 Å². The fraction of sp³-hybridized carbons (Fsp3) is 0.680. The van der Waals surface area contributed by atoms with Crippen LogP contribution in [-0.4, -0.2) is 79.6 Å². The molecule has 0 aliphatic carbocycles. The fourth-order valence-electron chi connectivity index (χ4n) is 3.65. The highest BCUT2D eigenvalue weighted by molar-refractivity contribution is 5.73. The molecule has 1 fully saturated rings. The predicted molar refractivity (Wildman–Crippen MR) is 140 cm³/mol. The van der Waals surface area contributed by atoms with E-state index >= 15 is 0 Å². The molecule has 0 atom stereocenters. The molecule has 0 amide bonds. The van der Waals surface area contributed by atoms with Gasteiger partial charge < -0.3 is 10.0 Å². The number of carboxylic acids is 1. The zero-order valence-corrected chi connectivity index (χ0v) is 23.3. The smallest absolute Gasteiger partial charge is 0.475 e. The van der Waals surface area contributed by atoms with E-state index in [1.165, 1.54) is 4.68 Å². The van der Waals surface area contributed by atoms with E-state index in [-0.39, 0.29) is 10.8 Å². The Labute approximate surface area is 225 Å². The Balaban J connectivity index is 0.000000673. The van der Waals surface area contributed by atoms with E-state index in [0.29, 0.717) is 6.54 Å². The molecule has 0 unspecified atom stereocenters. The van der Waals surface area contributed by atoms with Gasteiger partial charge in [-0.15, -0.1) is 0 Å². The number of aryl methyl sites for hydroxylation is 1. The van der Waals surface area contributed by atoms with E-state index in [4.69, 9.17) is 19.9 Å². The molecule has 218 valence electrons. The molecule has 1 saturated heterocycles. The van der Waals surface area contributed by atoms with Gasteiger partial charge in [0.1, 0.15) is 17.8 Å². The van der Waals surface area contributed by atoms with Gasteiger partial charge in [0, 0.05) is 49.6 Å². The van der Waals surface area contributed by atoms with Crippen molar-refractivity contribution >= 4 is 11.8 Å². The highest BCUT2D eigenvalue weighted by Crippen LogP contribution is 2.28. The second-order valence-electron chi connectivity index (χ2n) is 11.4. The third-order valence-electron chi connectivity index (χ3n) is 5.96. The van der Waals surface area contributed by atoms with Gasteiger partial charge in [0.15, 0.2) is 0 Å². The average molecular weight is 558 g/mol. The molecule has 0 saturated carbocycles. The van der Waals surface area contributed by atoms with E-state index in [1.54, 1.807) is 0 Å². The normalized spacial score (nSPS) is 15.1. The number of anilines is 1. The van der Waals surface area contributed by atoms with Gasteiger partial charge in [-0.3, -0.25) is 14.7 Å². The van der Waals surface area contributed by atoms with Gasteiger partial charge in [0.2, 0.25) is 0 Å². The molecule has 14 heteroatoms. The summed E-state index contributed by atoms with van der Waals surface area (Å²) in [7, 11) is 0.